The van der Waals surface area contributed by atoms with E-state index in [1.54, 1.807) is 0 Å². The Balaban J connectivity index is 2.11. The fraction of sp³-hybridized carbons (Fsp3) is 0.571. The number of hydrogen-bond acceptors (Lipinski definition) is 4. The quantitative estimate of drug-likeness (QED) is 0.857. The maximum absolute atomic E-state index is 11.9. The summed E-state index contributed by atoms with van der Waals surface area (Å²) in [5.74, 6) is 0.985. The number of amides is 1. The van der Waals surface area contributed by atoms with E-state index < -0.39 is 5.54 Å². The monoisotopic (exact) mass is 262 g/mol. The minimum atomic E-state index is -0.458. The van der Waals surface area contributed by atoms with Crippen molar-refractivity contribution in [2.24, 2.45) is 0 Å². The van der Waals surface area contributed by atoms with Crippen molar-refractivity contribution < 1.29 is 4.79 Å². The van der Waals surface area contributed by atoms with Gasteiger partial charge in [-0.15, -0.1) is 0 Å². The second kappa shape index (κ2) is 5.57. The van der Waals surface area contributed by atoms with Gasteiger partial charge in [0.25, 0.3) is 0 Å². The highest BCUT2D eigenvalue weighted by molar-refractivity contribution is 5.86. The van der Waals surface area contributed by atoms with Crippen LogP contribution in [0.4, 0.5) is 5.82 Å². The first-order chi connectivity index (χ1) is 9.04. The summed E-state index contributed by atoms with van der Waals surface area (Å²) in [5.41, 5.74) is 0.716. The van der Waals surface area contributed by atoms with E-state index in [1.165, 1.54) is 5.56 Å². The van der Waals surface area contributed by atoms with Crippen LogP contribution in [0.3, 0.4) is 0 Å². The number of anilines is 1. The van der Waals surface area contributed by atoms with Crippen molar-refractivity contribution in [3.63, 3.8) is 0 Å². The topological polar surface area (TPSA) is 57.3 Å². The largest absolute Gasteiger partial charge is 0.370 e. The lowest BCUT2D eigenvalue weighted by molar-refractivity contribution is -0.135. The molecule has 5 nitrogen and oxygen atoms in total. The summed E-state index contributed by atoms with van der Waals surface area (Å²) in [6, 6.07) is 4.05. The van der Waals surface area contributed by atoms with Crippen molar-refractivity contribution in [1.82, 2.24) is 15.2 Å². The fourth-order valence-electron chi connectivity index (χ4n) is 2.29. The van der Waals surface area contributed by atoms with Gasteiger partial charge in [0.15, 0.2) is 0 Å². The van der Waals surface area contributed by atoms with Crippen LogP contribution < -0.4 is 10.6 Å². The molecule has 0 radical (unpaired) electrons. The third kappa shape index (κ3) is 3.04. The Morgan fingerprint density at radius 2 is 2.32 bits per heavy atom. The Kier molecular flexibility index (Phi) is 4.04. The number of rotatable bonds is 4. The van der Waals surface area contributed by atoms with E-state index in [9.17, 15) is 4.79 Å². The molecule has 0 unspecified atom stereocenters. The van der Waals surface area contributed by atoms with Crippen LogP contribution in [0.2, 0.25) is 0 Å². The van der Waals surface area contributed by atoms with Crippen LogP contribution in [0.1, 0.15) is 26.3 Å². The second-order valence-corrected chi connectivity index (χ2v) is 5.32. The Morgan fingerprint density at radius 3 is 3.05 bits per heavy atom. The normalized spacial score (nSPS) is 19.0. The van der Waals surface area contributed by atoms with Gasteiger partial charge in [0.1, 0.15) is 5.82 Å². The lowest BCUT2D eigenvalue weighted by Crippen LogP contribution is -2.61. The summed E-state index contributed by atoms with van der Waals surface area (Å²) in [6.07, 6.45) is 1.81. The number of aromatic nitrogens is 1. The Hall–Kier alpha value is -1.62. The fourth-order valence-corrected chi connectivity index (χ4v) is 2.29. The number of carbonyl (C=O) groups excluding carboxylic acids is 1. The van der Waals surface area contributed by atoms with Crippen molar-refractivity contribution in [3.8, 4) is 0 Å². The number of carbonyl (C=O) groups is 1. The van der Waals surface area contributed by atoms with Crippen LogP contribution in [0, 0.1) is 0 Å². The van der Waals surface area contributed by atoms with Crippen molar-refractivity contribution in [3.05, 3.63) is 23.9 Å². The Morgan fingerprint density at radius 1 is 1.53 bits per heavy atom. The van der Waals surface area contributed by atoms with Gasteiger partial charge in [-0.1, -0.05) is 0 Å². The van der Waals surface area contributed by atoms with Crippen molar-refractivity contribution in [1.29, 1.82) is 0 Å². The lowest BCUT2D eigenvalue weighted by atomic mass is 9.98. The Bertz CT molecular complexity index is 459. The van der Waals surface area contributed by atoms with Crippen LogP contribution in [0.25, 0.3) is 0 Å². The number of piperazine rings is 1. The van der Waals surface area contributed by atoms with Gasteiger partial charge in [-0.25, -0.2) is 4.98 Å². The van der Waals surface area contributed by atoms with Crippen LogP contribution in [0.15, 0.2) is 18.3 Å². The summed E-state index contributed by atoms with van der Waals surface area (Å²) in [5, 5.41) is 6.12. The molecule has 0 atom stereocenters. The molecule has 0 aromatic carbocycles. The van der Waals surface area contributed by atoms with Crippen LogP contribution in [0.5, 0.6) is 0 Å². The van der Waals surface area contributed by atoms with E-state index in [0.717, 1.165) is 25.5 Å². The van der Waals surface area contributed by atoms with Gasteiger partial charge >= 0.3 is 0 Å². The van der Waals surface area contributed by atoms with Crippen molar-refractivity contribution >= 4 is 11.7 Å². The highest BCUT2D eigenvalue weighted by atomic mass is 16.2. The van der Waals surface area contributed by atoms with Gasteiger partial charge < -0.3 is 10.6 Å². The van der Waals surface area contributed by atoms with E-state index >= 15 is 0 Å². The zero-order valence-electron chi connectivity index (χ0n) is 11.9. The Labute approximate surface area is 114 Å². The molecule has 19 heavy (non-hydrogen) atoms. The lowest BCUT2D eigenvalue weighted by Gasteiger charge is -2.41. The number of hydrogen-bond donors (Lipinski definition) is 2. The smallest absolute Gasteiger partial charge is 0.240 e. The molecule has 2 rings (SSSR count). The van der Waals surface area contributed by atoms with Crippen LogP contribution in [-0.2, 0) is 11.3 Å². The summed E-state index contributed by atoms with van der Waals surface area (Å²) in [7, 11) is 0. The molecular formula is C14H22N4O. The van der Waals surface area contributed by atoms with E-state index in [0.29, 0.717) is 6.54 Å². The highest BCUT2D eigenvalue weighted by Gasteiger charge is 2.37. The average molecular weight is 262 g/mol. The molecule has 1 aliphatic rings. The molecule has 0 saturated carbocycles. The average Bonchev–Trinajstić information content (AvgIpc) is 2.36. The predicted molar refractivity (Wildman–Crippen MR) is 75.9 cm³/mol. The number of nitrogens with zero attached hydrogens (tertiary/aromatic N) is 2. The SMILES string of the molecule is CCNc1cc(CN2CCNC(=O)C2(C)C)ccn1. The molecule has 1 aromatic heterocycles. The van der Waals surface area contributed by atoms with E-state index in [2.05, 4.69) is 20.5 Å². The van der Waals surface area contributed by atoms with Gasteiger partial charge in [0.2, 0.25) is 5.91 Å². The maximum Gasteiger partial charge on any atom is 0.240 e. The van der Waals surface area contributed by atoms with Crippen LogP contribution >= 0.6 is 0 Å². The molecule has 5 heteroatoms. The zero-order chi connectivity index (χ0) is 13.9. The summed E-state index contributed by atoms with van der Waals surface area (Å²) in [6.45, 7) is 9.19. The van der Waals surface area contributed by atoms with Gasteiger partial charge in [0, 0.05) is 32.4 Å². The van der Waals surface area contributed by atoms with Crippen molar-refractivity contribution in [2.75, 3.05) is 25.0 Å². The molecule has 104 valence electrons. The molecule has 0 bridgehead atoms. The third-order valence-electron chi connectivity index (χ3n) is 3.57. The molecule has 1 saturated heterocycles. The predicted octanol–water partition coefficient (Wildman–Crippen LogP) is 1.22. The molecule has 0 aliphatic carbocycles. The minimum Gasteiger partial charge on any atom is -0.370 e. The molecule has 1 aliphatic heterocycles. The van der Waals surface area contributed by atoms with Gasteiger partial charge in [0.05, 0.1) is 5.54 Å². The van der Waals surface area contributed by atoms with E-state index in [1.807, 2.05) is 39.1 Å². The summed E-state index contributed by atoms with van der Waals surface area (Å²) >= 11 is 0. The second-order valence-electron chi connectivity index (χ2n) is 5.32. The summed E-state index contributed by atoms with van der Waals surface area (Å²) < 4.78 is 0. The number of nitrogens with one attached hydrogen (secondary N) is 2. The molecule has 0 spiro atoms. The highest BCUT2D eigenvalue weighted by Crippen LogP contribution is 2.21. The molecule has 2 N–H and O–H groups in total. The molecule has 1 aromatic rings. The number of pyridine rings is 1. The third-order valence-corrected chi connectivity index (χ3v) is 3.57. The van der Waals surface area contributed by atoms with Gasteiger partial charge in [-0.3, -0.25) is 9.69 Å². The van der Waals surface area contributed by atoms with Gasteiger partial charge in [-0.05, 0) is 38.5 Å². The molecule has 1 fully saturated rings. The first-order valence-corrected chi connectivity index (χ1v) is 6.76. The standard InChI is InChI=1S/C14H22N4O/c1-4-15-12-9-11(5-6-16-12)10-18-8-7-17-13(19)14(18,2)3/h5-6,9H,4,7-8,10H2,1-3H3,(H,15,16)(H,17,19). The van der Waals surface area contributed by atoms with E-state index in [-0.39, 0.29) is 5.91 Å². The summed E-state index contributed by atoms with van der Waals surface area (Å²) in [4.78, 5) is 18.4. The molecular weight excluding hydrogens is 240 g/mol. The first kappa shape index (κ1) is 13.8. The van der Waals surface area contributed by atoms with Gasteiger partial charge in [-0.2, -0.15) is 0 Å². The van der Waals surface area contributed by atoms with E-state index in [4.69, 9.17) is 0 Å². The molecule has 1 amide bonds. The maximum atomic E-state index is 11.9. The van der Waals surface area contributed by atoms with Crippen molar-refractivity contribution in [2.45, 2.75) is 32.9 Å². The zero-order valence-corrected chi connectivity index (χ0v) is 11.9. The van der Waals surface area contributed by atoms with Crippen LogP contribution in [-0.4, -0.2) is 41.0 Å². The first-order valence-electron chi connectivity index (χ1n) is 6.76. The minimum absolute atomic E-state index is 0.0970. The molecule has 2 heterocycles.